The molecule has 0 aliphatic heterocycles. The van der Waals surface area contributed by atoms with Gasteiger partial charge in [-0.15, -0.1) is 0 Å². The molecule has 1 atom stereocenters. The van der Waals surface area contributed by atoms with Crippen molar-refractivity contribution in [1.29, 1.82) is 0 Å². The molecule has 0 spiro atoms. The third-order valence-electron chi connectivity index (χ3n) is 9.01. The van der Waals surface area contributed by atoms with Crippen molar-refractivity contribution < 1.29 is 9.90 Å². The first-order valence-corrected chi connectivity index (χ1v) is 19.8. The minimum absolute atomic E-state index is 0.377. The maximum absolute atomic E-state index is 12.6. The molecular formula is C49H45N3O2S. The number of thioether (sulfide) groups is 1. The fourth-order valence-corrected chi connectivity index (χ4v) is 6.51. The molecule has 5 nitrogen and oxygen atoms in total. The molecule has 6 heteroatoms. The van der Waals surface area contributed by atoms with Crippen LogP contribution in [-0.4, -0.2) is 44.0 Å². The Morgan fingerprint density at radius 2 is 0.891 bits per heavy atom. The van der Waals surface area contributed by atoms with Crippen molar-refractivity contribution in [3.63, 3.8) is 0 Å². The molecule has 0 fully saturated rings. The van der Waals surface area contributed by atoms with Crippen LogP contribution in [0, 0.1) is 0 Å². The van der Waals surface area contributed by atoms with Crippen molar-refractivity contribution >= 4 is 66.3 Å². The number of rotatable bonds is 17. The average molecular weight is 740 g/mol. The van der Waals surface area contributed by atoms with Gasteiger partial charge in [-0.25, -0.2) is 0 Å². The molecule has 0 saturated heterocycles. The number of hydrogen-bond donors (Lipinski definition) is 1. The quantitative estimate of drug-likeness (QED) is 0.0940. The molecule has 1 N–H and O–H groups in total. The average Bonchev–Trinajstić information content (AvgIpc) is 3.22. The first kappa shape index (κ1) is 38.6. The normalized spacial score (nSPS) is 12.4. The zero-order chi connectivity index (χ0) is 38.1. The number of aromatic nitrogens is 2. The molecule has 0 aliphatic carbocycles. The maximum atomic E-state index is 12.6. The van der Waals surface area contributed by atoms with Gasteiger partial charge in [0.25, 0.3) is 0 Å². The summed E-state index contributed by atoms with van der Waals surface area (Å²) < 4.78 is 0. The van der Waals surface area contributed by atoms with Crippen LogP contribution in [0.25, 0.3) is 48.6 Å². The van der Waals surface area contributed by atoms with Crippen molar-refractivity contribution in [2.75, 3.05) is 12.0 Å². The molecule has 0 radical (unpaired) electrons. The SMILES string of the molecule is CSCC[C@@H](C(=O)O)N(Cc1cccc(/C=C/c2ccc(/C=C/c3ccccc3)cc2)n1)Cc1cccc(/C=C/c2ccc(/C=C/c3ccccc3)cc2)n1. The summed E-state index contributed by atoms with van der Waals surface area (Å²) in [5, 5.41) is 10.4. The van der Waals surface area contributed by atoms with Gasteiger partial charge in [0, 0.05) is 13.1 Å². The highest BCUT2D eigenvalue weighted by atomic mass is 32.2. The largest absolute Gasteiger partial charge is 0.480 e. The molecule has 0 saturated carbocycles. The van der Waals surface area contributed by atoms with Gasteiger partial charge in [0.2, 0.25) is 0 Å². The van der Waals surface area contributed by atoms with E-state index in [1.165, 1.54) is 0 Å². The lowest BCUT2D eigenvalue weighted by Crippen LogP contribution is -2.41. The fraction of sp³-hybridized carbons (Fsp3) is 0.122. The van der Waals surface area contributed by atoms with Crippen LogP contribution in [0.1, 0.15) is 62.6 Å². The molecule has 0 aliphatic rings. The van der Waals surface area contributed by atoms with E-state index >= 15 is 0 Å². The van der Waals surface area contributed by atoms with E-state index in [1.54, 1.807) is 11.8 Å². The van der Waals surface area contributed by atoms with Crippen LogP contribution in [0.5, 0.6) is 0 Å². The van der Waals surface area contributed by atoms with Crippen LogP contribution in [0.3, 0.4) is 0 Å². The van der Waals surface area contributed by atoms with Gasteiger partial charge in [0.15, 0.2) is 0 Å². The van der Waals surface area contributed by atoms with E-state index in [-0.39, 0.29) is 0 Å². The third-order valence-corrected chi connectivity index (χ3v) is 9.65. The molecular weight excluding hydrogens is 695 g/mol. The minimum Gasteiger partial charge on any atom is -0.480 e. The molecule has 0 bridgehead atoms. The van der Waals surface area contributed by atoms with E-state index in [2.05, 4.69) is 97.1 Å². The monoisotopic (exact) mass is 739 g/mol. The molecule has 0 amide bonds. The van der Waals surface area contributed by atoms with Crippen LogP contribution in [0.4, 0.5) is 0 Å². The van der Waals surface area contributed by atoms with Crippen molar-refractivity contribution in [1.82, 2.24) is 14.9 Å². The second-order valence-corrected chi connectivity index (χ2v) is 14.1. The molecule has 6 aromatic rings. The molecule has 2 heterocycles. The molecule has 274 valence electrons. The van der Waals surface area contributed by atoms with E-state index in [9.17, 15) is 9.90 Å². The number of carbonyl (C=O) groups is 1. The molecule has 55 heavy (non-hydrogen) atoms. The maximum Gasteiger partial charge on any atom is 0.320 e. The number of hydrogen-bond acceptors (Lipinski definition) is 5. The van der Waals surface area contributed by atoms with Crippen LogP contribution in [0.2, 0.25) is 0 Å². The van der Waals surface area contributed by atoms with Crippen LogP contribution < -0.4 is 0 Å². The Morgan fingerprint density at radius 3 is 1.25 bits per heavy atom. The van der Waals surface area contributed by atoms with Gasteiger partial charge >= 0.3 is 5.97 Å². The fourth-order valence-electron chi connectivity index (χ4n) is 6.06. The Bertz CT molecular complexity index is 2080. The Kier molecular flexibility index (Phi) is 14.3. The van der Waals surface area contributed by atoms with Crippen LogP contribution in [-0.2, 0) is 17.9 Å². The zero-order valence-electron chi connectivity index (χ0n) is 31.0. The van der Waals surface area contributed by atoms with Crippen LogP contribution in [0.15, 0.2) is 146 Å². The van der Waals surface area contributed by atoms with Gasteiger partial charge in [0.05, 0.1) is 22.8 Å². The summed E-state index contributed by atoms with van der Waals surface area (Å²) in [7, 11) is 0. The predicted molar refractivity (Wildman–Crippen MR) is 234 cm³/mol. The van der Waals surface area contributed by atoms with Crippen molar-refractivity contribution in [2.45, 2.75) is 25.6 Å². The Morgan fingerprint density at radius 1 is 0.527 bits per heavy atom. The molecule has 6 rings (SSSR count). The number of carboxylic acids is 1. The summed E-state index contributed by atoms with van der Waals surface area (Å²) in [4.78, 5) is 24.4. The van der Waals surface area contributed by atoms with Crippen LogP contribution >= 0.6 is 11.8 Å². The standard InChI is InChI=1S/C49H45N3O2S/c1-55-35-34-48(49(53)54)52(36-46-16-8-14-44(50-46)32-30-42-26-22-40(23-27-42)20-18-38-10-4-2-5-11-38)37-47-17-9-15-45(51-47)33-31-43-28-24-41(25-29-43)21-19-39-12-6-3-7-13-39/h2-33,48H,34-37H2,1H3,(H,53,54)/b20-18+,21-19+,32-30+,33-31+/t48-/m0/s1. The highest BCUT2D eigenvalue weighted by Gasteiger charge is 2.26. The van der Waals surface area contributed by atoms with Crippen molar-refractivity contribution in [2.24, 2.45) is 0 Å². The smallest absolute Gasteiger partial charge is 0.320 e. The lowest BCUT2D eigenvalue weighted by Gasteiger charge is -2.28. The van der Waals surface area contributed by atoms with E-state index in [0.717, 1.165) is 61.9 Å². The van der Waals surface area contributed by atoms with Gasteiger partial charge in [-0.1, -0.05) is 158 Å². The summed E-state index contributed by atoms with van der Waals surface area (Å²) in [6, 6.07) is 48.4. The molecule has 0 unspecified atom stereocenters. The van der Waals surface area contributed by atoms with Gasteiger partial charge < -0.3 is 5.11 Å². The van der Waals surface area contributed by atoms with E-state index in [0.29, 0.717) is 19.5 Å². The number of benzene rings is 4. The topological polar surface area (TPSA) is 66.3 Å². The highest BCUT2D eigenvalue weighted by molar-refractivity contribution is 7.98. The van der Waals surface area contributed by atoms with Gasteiger partial charge in [-0.05, 0) is 88.2 Å². The van der Waals surface area contributed by atoms with Gasteiger partial charge in [-0.3, -0.25) is 19.7 Å². The Labute approximate surface area is 329 Å². The summed E-state index contributed by atoms with van der Waals surface area (Å²) >= 11 is 1.65. The zero-order valence-corrected chi connectivity index (χ0v) is 31.8. The van der Waals surface area contributed by atoms with E-state index < -0.39 is 12.0 Å². The summed E-state index contributed by atoms with van der Waals surface area (Å²) in [5.41, 5.74) is 9.96. The first-order valence-electron chi connectivity index (χ1n) is 18.4. The van der Waals surface area contributed by atoms with Gasteiger partial charge in [-0.2, -0.15) is 11.8 Å². The molecule has 4 aromatic carbocycles. The number of carboxylic acid groups (broad SMARTS) is 1. The van der Waals surface area contributed by atoms with Gasteiger partial charge in [0.1, 0.15) is 6.04 Å². The van der Waals surface area contributed by atoms with E-state index in [1.807, 2.05) is 108 Å². The summed E-state index contributed by atoms with van der Waals surface area (Å²) in [5.74, 6) is -0.105. The minimum atomic E-state index is -0.842. The first-order chi connectivity index (χ1) is 27.0. The summed E-state index contributed by atoms with van der Waals surface area (Å²) in [6.07, 6.45) is 19.0. The van der Waals surface area contributed by atoms with Crippen molar-refractivity contribution in [3.05, 3.63) is 202 Å². The third kappa shape index (κ3) is 12.5. The Hall–Kier alpha value is -6.08. The lowest BCUT2D eigenvalue weighted by molar-refractivity contribution is -0.144. The number of aliphatic carboxylic acids is 1. The van der Waals surface area contributed by atoms with Crippen molar-refractivity contribution in [3.8, 4) is 0 Å². The second kappa shape index (κ2) is 20.4. The van der Waals surface area contributed by atoms with E-state index in [4.69, 9.17) is 9.97 Å². The second-order valence-electron chi connectivity index (χ2n) is 13.1. The number of pyridine rings is 2. The predicted octanol–water partition coefficient (Wildman–Crippen LogP) is 11.4. The number of nitrogens with zero attached hydrogens (tertiary/aromatic N) is 3. The lowest BCUT2D eigenvalue weighted by atomic mass is 10.1. The summed E-state index contributed by atoms with van der Waals surface area (Å²) in [6.45, 7) is 0.755. The highest BCUT2D eigenvalue weighted by Crippen LogP contribution is 2.19. The Balaban J connectivity index is 1.13. The molecule has 2 aromatic heterocycles.